The van der Waals surface area contributed by atoms with Crippen molar-refractivity contribution in [3.8, 4) is 0 Å². The van der Waals surface area contributed by atoms with Gasteiger partial charge in [-0.3, -0.25) is 0 Å². The summed E-state index contributed by atoms with van der Waals surface area (Å²) < 4.78 is 0. The van der Waals surface area contributed by atoms with Gasteiger partial charge in [-0.1, -0.05) is 36.5 Å². The molecule has 0 aliphatic rings. The molecule has 0 fully saturated rings. The van der Waals surface area contributed by atoms with E-state index in [2.05, 4.69) is 75.9 Å². The van der Waals surface area contributed by atoms with Gasteiger partial charge in [-0.15, -0.1) is 39.5 Å². The van der Waals surface area contributed by atoms with E-state index in [4.69, 9.17) is 5.73 Å². The molecule has 0 aliphatic heterocycles. The van der Waals surface area contributed by atoms with Crippen molar-refractivity contribution in [1.82, 2.24) is 0 Å². The highest BCUT2D eigenvalue weighted by atomic mass is 28.4. The smallest absolute Gasteiger partial charge is 0.0684 e. The molecule has 0 aromatic carbocycles. The lowest BCUT2D eigenvalue weighted by molar-refractivity contribution is 0.928. The maximum Gasteiger partial charge on any atom is 0.0684 e. The SMILES string of the molecule is C=CC[Si](CC=C)(CC=C)[C](CCN)[Si](CC=C)(CC=C)CC=C. The molecule has 0 saturated heterocycles. The Morgan fingerprint density at radius 1 is 0.583 bits per heavy atom. The van der Waals surface area contributed by atoms with Crippen LogP contribution in [0.3, 0.4) is 0 Å². The van der Waals surface area contributed by atoms with E-state index in [9.17, 15) is 0 Å². The van der Waals surface area contributed by atoms with Crippen molar-refractivity contribution >= 4 is 16.1 Å². The van der Waals surface area contributed by atoms with E-state index < -0.39 is 16.1 Å². The van der Waals surface area contributed by atoms with E-state index in [1.54, 1.807) is 5.16 Å². The third-order valence-corrected chi connectivity index (χ3v) is 17.5. The first kappa shape index (κ1) is 22.8. The molecule has 0 rings (SSSR count). The van der Waals surface area contributed by atoms with Crippen molar-refractivity contribution in [3.05, 3.63) is 81.1 Å². The number of nitrogens with two attached hydrogens (primary N) is 1. The Kier molecular flexibility index (Phi) is 11.6. The molecule has 3 heteroatoms. The van der Waals surface area contributed by atoms with E-state index in [1.165, 1.54) is 0 Å². The summed E-state index contributed by atoms with van der Waals surface area (Å²) in [5.74, 6) is 0. The van der Waals surface area contributed by atoms with Gasteiger partial charge >= 0.3 is 0 Å². The van der Waals surface area contributed by atoms with E-state index >= 15 is 0 Å². The zero-order valence-corrected chi connectivity index (χ0v) is 17.4. The molecule has 0 amide bonds. The summed E-state index contributed by atoms with van der Waals surface area (Å²) in [4.78, 5) is 0. The number of hydrogen-bond donors (Lipinski definition) is 1. The molecule has 0 aromatic rings. The lowest BCUT2D eigenvalue weighted by Gasteiger charge is -2.48. The second kappa shape index (κ2) is 12.2. The fraction of sp³-hybridized carbons (Fsp3) is 0.381. The maximum atomic E-state index is 6.07. The van der Waals surface area contributed by atoms with Gasteiger partial charge in [0.15, 0.2) is 0 Å². The van der Waals surface area contributed by atoms with Gasteiger partial charge in [0.25, 0.3) is 0 Å². The minimum Gasteiger partial charge on any atom is -0.330 e. The lowest BCUT2D eigenvalue weighted by Crippen LogP contribution is -2.56. The molecule has 24 heavy (non-hydrogen) atoms. The number of rotatable bonds is 16. The number of allylic oxidation sites excluding steroid dienone is 6. The predicted molar refractivity (Wildman–Crippen MR) is 118 cm³/mol. The average Bonchev–Trinajstić information content (AvgIpc) is 2.54. The van der Waals surface area contributed by atoms with Crippen LogP contribution >= 0.6 is 0 Å². The average molecular weight is 359 g/mol. The highest BCUT2D eigenvalue weighted by Crippen LogP contribution is 2.45. The molecule has 0 atom stereocenters. The molecule has 1 radical (unpaired) electrons. The first-order chi connectivity index (χ1) is 11.6. The molecular weight excluding hydrogens is 322 g/mol. The van der Waals surface area contributed by atoms with Crippen LogP contribution in [0.1, 0.15) is 6.42 Å². The van der Waals surface area contributed by atoms with Gasteiger partial charge in [-0.05, 0) is 54.4 Å². The van der Waals surface area contributed by atoms with E-state index in [0.717, 1.165) is 42.7 Å². The quantitative estimate of drug-likeness (QED) is 0.266. The number of hydrogen-bond acceptors (Lipinski definition) is 1. The lowest BCUT2D eigenvalue weighted by atomic mass is 10.5. The normalized spacial score (nSPS) is 11.8. The molecule has 0 unspecified atom stereocenters. The van der Waals surface area contributed by atoms with Gasteiger partial charge in [-0.2, -0.15) is 0 Å². The third-order valence-electron chi connectivity index (χ3n) is 4.89. The van der Waals surface area contributed by atoms with Crippen LogP contribution in [-0.2, 0) is 0 Å². The van der Waals surface area contributed by atoms with Crippen molar-refractivity contribution in [1.29, 1.82) is 0 Å². The molecule has 2 N–H and O–H groups in total. The third kappa shape index (κ3) is 5.73. The molecule has 0 heterocycles. The van der Waals surface area contributed by atoms with Crippen molar-refractivity contribution in [2.24, 2.45) is 5.73 Å². The van der Waals surface area contributed by atoms with Crippen molar-refractivity contribution < 1.29 is 0 Å². The van der Waals surface area contributed by atoms with Gasteiger partial charge in [0, 0.05) is 0 Å². The minimum atomic E-state index is -1.79. The molecular formula is C21H36NSi2. The van der Waals surface area contributed by atoms with Crippen LogP contribution in [0.2, 0.25) is 36.3 Å². The molecule has 0 saturated carbocycles. The second-order valence-corrected chi connectivity index (χ2v) is 15.8. The Bertz CT molecular complexity index is 348. The molecule has 0 bridgehead atoms. The van der Waals surface area contributed by atoms with Gasteiger partial charge in [-0.25, -0.2) is 0 Å². The first-order valence-corrected chi connectivity index (χ1v) is 14.0. The fourth-order valence-electron chi connectivity index (χ4n) is 4.13. The van der Waals surface area contributed by atoms with Crippen molar-refractivity contribution in [2.75, 3.05) is 6.54 Å². The van der Waals surface area contributed by atoms with Crippen LogP contribution < -0.4 is 5.73 Å². The summed E-state index contributed by atoms with van der Waals surface area (Å²) in [7, 11) is -3.58. The van der Waals surface area contributed by atoms with Crippen LogP contribution in [0, 0.1) is 5.16 Å². The highest BCUT2D eigenvalue weighted by Gasteiger charge is 2.49. The van der Waals surface area contributed by atoms with Crippen LogP contribution in [0.15, 0.2) is 75.9 Å². The summed E-state index contributed by atoms with van der Waals surface area (Å²) >= 11 is 0. The van der Waals surface area contributed by atoms with E-state index in [1.807, 2.05) is 0 Å². The second-order valence-electron chi connectivity index (χ2n) is 6.53. The van der Waals surface area contributed by atoms with Crippen molar-refractivity contribution in [2.45, 2.75) is 42.7 Å². The monoisotopic (exact) mass is 358 g/mol. The Labute approximate surface area is 152 Å². The van der Waals surface area contributed by atoms with Gasteiger partial charge in [0.05, 0.1) is 16.1 Å². The minimum absolute atomic E-state index is 0.690. The standard InChI is InChI=1S/C21H36NSi2/c1-7-15-23(16-8-2,17-9-3)21(13-14-22)24(18-10-4,19-11-5)20-12-6/h7-12H,1-6,13-20,22H2. The largest absolute Gasteiger partial charge is 0.330 e. The Balaban J connectivity index is 6.33. The zero-order chi connectivity index (χ0) is 18.5. The maximum absolute atomic E-state index is 6.07. The Morgan fingerprint density at radius 3 is 1.00 bits per heavy atom. The van der Waals surface area contributed by atoms with E-state index in [-0.39, 0.29) is 0 Å². The Hall–Kier alpha value is -1.17. The summed E-state index contributed by atoms with van der Waals surface area (Å²) in [6.07, 6.45) is 13.5. The van der Waals surface area contributed by atoms with Gasteiger partial charge in [0.1, 0.15) is 0 Å². The molecule has 0 aromatic heterocycles. The zero-order valence-electron chi connectivity index (χ0n) is 15.4. The summed E-state index contributed by atoms with van der Waals surface area (Å²) in [6, 6.07) is 6.34. The van der Waals surface area contributed by atoms with Crippen LogP contribution in [-0.4, -0.2) is 22.7 Å². The van der Waals surface area contributed by atoms with Gasteiger partial charge < -0.3 is 5.73 Å². The molecule has 133 valence electrons. The summed E-state index contributed by atoms with van der Waals surface area (Å²) in [6.45, 7) is 25.0. The highest BCUT2D eigenvalue weighted by molar-refractivity contribution is 7.06. The Morgan fingerprint density at radius 2 is 0.833 bits per heavy atom. The summed E-state index contributed by atoms with van der Waals surface area (Å²) in [5, 5.41) is 1.73. The summed E-state index contributed by atoms with van der Waals surface area (Å²) in [5.41, 5.74) is 6.07. The molecule has 0 spiro atoms. The van der Waals surface area contributed by atoms with Crippen LogP contribution in [0.4, 0.5) is 0 Å². The molecule has 0 aliphatic carbocycles. The first-order valence-electron chi connectivity index (χ1n) is 8.78. The van der Waals surface area contributed by atoms with Crippen LogP contribution in [0.25, 0.3) is 0 Å². The van der Waals surface area contributed by atoms with Gasteiger partial charge in [0.2, 0.25) is 0 Å². The predicted octanol–water partition coefficient (Wildman–Crippen LogP) is 6.00. The topological polar surface area (TPSA) is 26.0 Å². The van der Waals surface area contributed by atoms with Crippen LogP contribution in [0.5, 0.6) is 0 Å². The van der Waals surface area contributed by atoms with E-state index in [0.29, 0.717) is 6.54 Å². The molecule has 1 nitrogen and oxygen atoms in total. The van der Waals surface area contributed by atoms with Crippen molar-refractivity contribution in [3.63, 3.8) is 0 Å². The fourth-order valence-corrected chi connectivity index (χ4v) is 17.6.